The summed E-state index contributed by atoms with van der Waals surface area (Å²) in [5.41, 5.74) is 1.79. The molecule has 0 unspecified atom stereocenters. The van der Waals surface area contributed by atoms with Gasteiger partial charge in [-0.15, -0.1) is 11.3 Å². The van der Waals surface area contributed by atoms with Crippen molar-refractivity contribution in [2.24, 2.45) is 7.05 Å². The molecular weight excluding hydrogens is 415 g/mol. The lowest BCUT2D eigenvalue weighted by molar-refractivity contribution is -0.137. The highest BCUT2D eigenvalue weighted by Gasteiger charge is 2.31. The minimum Gasteiger partial charge on any atom is -0.319 e. The number of carbonyl (C=O) groups is 1. The minimum atomic E-state index is -4.53. The third kappa shape index (κ3) is 3.47. The zero-order chi connectivity index (χ0) is 21.8. The molecule has 1 N–H and O–H groups in total. The van der Waals surface area contributed by atoms with Crippen molar-refractivity contribution in [1.29, 1.82) is 0 Å². The highest BCUT2D eigenvalue weighted by Crippen LogP contribution is 2.34. The number of anilines is 1. The van der Waals surface area contributed by atoms with Gasteiger partial charge in [-0.3, -0.25) is 9.48 Å². The van der Waals surface area contributed by atoms with E-state index < -0.39 is 17.6 Å². The van der Waals surface area contributed by atoms with Crippen LogP contribution in [0.1, 0.15) is 32.3 Å². The molecule has 1 amide bonds. The maximum absolute atomic E-state index is 13.3. The van der Waals surface area contributed by atoms with E-state index in [1.165, 1.54) is 22.1 Å². The van der Waals surface area contributed by atoms with Crippen molar-refractivity contribution in [3.05, 3.63) is 57.9 Å². The Kier molecular flexibility index (Phi) is 4.69. The topological polar surface area (TPSA) is 64.7 Å². The minimum absolute atomic E-state index is 0.0355. The number of aryl methyl sites for hydroxylation is 4. The predicted molar refractivity (Wildman–Crippen MR) is 109 cm³/mol. The summed E-state index contributed by atoms with van der Waals surface area (Å²) in [7, 11) is 1.78. The SMILES string of the molecule is Cc1cc(C)n(-c2ccc(C(F)(F)F)cc2NC(=O)c2cc3c(C)nn(C)c3s2)n1. The molecule has 0 radical (unpaired) electrons. The van der Waals surface area contributed by atoms with Crippen molar-refractivity contribution in [3.63, 3.8) is 0 Å². The van der Waals surface area contributed by atoms with Crippen molar-refractivity contribution in [3.8, 4) is 5.69 Å². The highest BCUT2D eigenvalue weighted by molar-refractivity contribution is 7.20. The standard InChI is InChI=1S/C20H18F3N5OS/c1-10-7-11(2)28(25-10)16-6-5-13(20(21,22)23)8-15(16)24-18(29)17-9-14-12(3)26-27(4)19(14)30-17/h5-9H,1-4H3,(H,24,29). The smallest absolute Gasteiger partial charge is 0.319 e. The first-order valence-corrected chi connectivity index (χ1v) is 9.85. The van der Waals surface area contributed by atoms with Crippen molar-refractivity contribution in [2.75, 3.05) is 5.32 Å². The van der Waals surface area contributed by atoms with Crippen LogP contribution in [0.15, 0.2) is 30.3 Å². The van der Waals surface area contributed by atoms with Crippen molar-refractivity contribution < 1.29 is 18.0 Å². The van der Waals surface area contributed by atoms with Gasteiger partial charge in [0.15, 0.2) is 0 Å². The largest absolute Gasteiger partial charge is 0.416 e. The number of nitrogens with zero attached hydrogens (tertiary/aromatic N) is 4. The van der Waals surface area contributed by atoms with Crippen LogP contribution in [-0.4, -0.2) is 25.5 Å². The Labute approximate surface area is 173 Å². The monoisotopic (exact) mass is 433 g/mol. The molecule has 0 fully saturated rings. The van der Waals surface area contributed by atoms with Crippen LogP contribution in [0.3, 0.4) is 0 Å². The van der Waals surface area contributed by atoms with Gasteiger partial charge in [0.25, 0.3) is 5.91 Å². The average Bonchev–Trinajstić information content (AvgIpc) is 3.30. The first-order chi connectivity index (χ1) is 14.0. The molecule has 0 saturated heterocycles. The fourth-order valence-corrected chi connectivity index (χ4v) is 4.39. The van der Waals surface area contributed by atoms with E-state index >= 15 is 0 Å². The normalized spacial score (nSPS) is 12.0. The molecule has 4 aromatic rings. The van der Waals surface area contributed by atoms with Gasteiger partial charge in [-0.2, -0.15) is 23.4 Å². The van der Waals surface area contributed by atoms with E-state index in [1.54, 1.807) is 31.6 Å². The van der Waals surface area contributed by atoms with Crippen LogP contribution in [0.2, 0.25) is 0 Å². The summed E-state index contributed by atoms with van der Waals surface area (Å²) in [6, 6.07) is 6.75. The molecule has 3 heterocycles. The number of alkyl halides is 3. The zero-order valence-corrected chi connectivity index (χ0v) is 17.4. The fourth-order valence-electron chi connectivity index (χ4n) is 3.37. The molecule has 0 aliphatic heterocycles. The van der Waals surface area contributed by atoms with E-state index in [4.69, 9.17) is 0 Å². The molecule has 4 rings (SSSR count). The fraction of sp³-hybridized carbons (Fsp3) is 0.250. The van der Waals surface area contributed by atoms with E-state index in [2.05, 4.69) is 15.5 Å². The molecule has 0 saturated carbocycles. The lowest BCUT2D eigenvalue weighted by Gasteiger charge is -2.15. The zero-order valence-electron chi connectivity index (χ0n) is 16.6. The first-order valence-electron chi connectivity index (χ1n) is 9.04. The van der Waals surface area contributed by atoms with Crippen LogP contribution in [0, 0.1) is 20.8 Å². The molecule has 0 spiro atoms. The number of halogens is 3. The summed E-state index contributed by atoms with van der Waals surface area (Å²) < 4.78 is 43.1. The summed E-state index contributed by atoms with van der Waals surface area (Å²) in [6.07, 6.45) is -4.53. The second kappa shape index (κ2) is 6.98. The molecule has 0 bridgehead atoms. The number of benzene rings is 1. The summed E-state index contributed by atoms with van der Waals surface area (Å²) in [4.78, 5) is 14.1. The average molecular weight is 433 g/mol. The van der Waals surface area contributed by atoms with Crippen molar-refractivity contribution in [2.45, 2.75) is 26.9 Å². The van der Waals surface area contributed by atoms with Gasteiger partial charge in [0, 0.05) is 18.1 Å². The summed E-state index contributed by atoms with van der Waals surface area (Å²) in [5.74, 6) is -0.488. The lowest BCUT2D eigenvalue weighted by Crippen LogP contribution is -2.15. The molecule has 156 valence electrons. The van der Waals surface area contributed by atoms with Gasteiger partial charge in [-0.05, 0) is 51.1 Å². The predicted octanol–water partition coefficient (Wildman–Crippen LogP) is 5.02. The van der Waals surface area contributed by atoms with Gasteiger partial charge in [0.2, 0.25) is 0 Å². The Morgan fingerprint density at radius 1 is 1.10 bits per heavy atom. The Bertz CT molecular complexity index is 1250. The Balaban J connectivity index is 1.77. The van der Waals surface area contributed by atoms with E-state index in [-0.39, 0.29) is 5.69 Å². The van der Waals surface area contributed by atoms with E-state index in [0.29, 0.717) is 10.6 Å². The molecule has 30 heavy (non-hydrogen) atoms. The van der Waals surface area contributed by atoms with Crippen LogP contribution < -0.4 is 5.32 Å². The summed E-state index contributed by atoms with van der Waals surface area (Å²) >= 11 is 1.23. The van der Waals surface area contributed by atoms with Crippen LogP contribution >= 0.6 is 11.3 Å². The Hall–Kier alpha value is -3.14. The molecule has 0 atom stereocenters. The van der Waals surface area contributed by atoms with Crippen molar-refractivity contribution in [1.82, 2.24) is 19.6 Å². The maximum atomic E-state index is 13.3. The third-order valence-electron chi connectivity index (χ3n) is 4.73. The Morgan fingerprint density at radius 2 is 1.83 bits per heavy atom. The molecule has 10 heteroatoms. The first kappa shape index (κ1) is 20.1. The maximum Gasteiger partial charge on any atom is 0.416 e. The number of nitrogens with one attached hydrogen (secondary N) is 1. The number of carbonyl (C=O) groups excluding carboxylic acids is 1. The summed E-state index contributed by atoms with van der Waals surface area (Å²) in [5, 5.41) is 12.1. The number of rotatable bonds is 3. The van der Waals surface area contributed by atoms with Crippen LogP contribution in [-0.2, 0) is 13.2 Å². The second-order valence-corrected chi connectivity index (χ2v) is 8.09. The quantitative estimate of drug-likeness (QED) is 0.494. The van der Waals surface area contributed by atoms with Crippen LogP contribution in [0.5, 0.6) is 0 Å². The number of hydrogen-bond donors (Lipinski definition) is 1. The molecule has 1 aromatic carbocycles. The van der Waals surface area contributed by atoms with E-state index in [9.17, 15) is 18.0 Å². The molecule has 6 nitrogen and oxygen atoms in total. The number of fused-ring (bicyclic) bond motifs is 1. The number of aromatic nitrogens is 4. The van der Waals surface area contributed by atoms with E-state index in [1.807, 2.05) is 13.0 Å². The molecule has 0 aliphatic carbocycles. The number of amides is 1. The lowest BCUT2D eigenvalue weighted by atomic mass is 10.1. The second-order valence-electron chi connectivity index (χ2n) is 7.06. The van der Waals surface area contributed by atoms with Crippen molar-refractivity contribution >= 4 is 33.1 Å². The number of hydrogen-bond acceptors (Lipinski definition) is 4. The van der Waals surface area contributed by atoms with Crippen LogP contribution in [0.25, 0.3) is 15.9 Å². The molecule has 0 aliphatic rings. The molecule has 3 aromatic heterocycles. The van der Waals surface area contributed by atoms with Gasteiger partial charge >= 0.3 is 6.18 Å². The summed E-state index contributed by atoms with van der Waals surface area (Å²) in [6.45, 7) is 5.43. The van der Waals surface area contributed by atoms with Crippen LogP contribution in [0.4, 0.5) is 18.9 Å². The highest BCUT2D eigenvalue weighted by atomic mass is 32.1. The van der Waals surface area contributed by atoms with Gasteiger partial charge in [-0.1, -0.05) is 0 Å². The van der Waals surface area contributed by atoms with E-state index in [0.717, 1.165) is 39.4 Å². The Morgan fingerprint density at radius 3 is 2.43 bits per heavy atom. The third-order valence-corrected chi connectivity index (χ3v) is 5.93. The van der Waals surface area contributed by atoms with Gasteiger partial charge < -0.3 is 5.32 Å². The van der Waals surface area contributed by atoms with Gasteiger partial charge in [0.05, 0.1) is 33.2 Å². The number of thiophene rings is 1. The molecular formula is C20H18F3N5OS. The van der Waals surface area contributed by atoms with Gasteiger partial charge in [0.1, 0.15) is 4.83 Å². The van der Waals surface area contributed by atoms with Gasteiger partial charge in [-0.25, -0.2) is 4.68 Å².